The smallest absolute Gasteiger partial charge is 0.252 e. The molecule has 1 fully saturated rings. The summed E-state index contributed by atoms with van der Waals surface area (Å²) in [6, 6.07) is 21.9. The molecule has 0 spiro atoms. The number of carbonyl (C=O) groups excluding carboxylic acids is 1. The fraction of sp³-hybridized carbons (Fsp3) is 0.269. The van der Waals surface area contributed by atoms with Crippen LogP contribution < -0.4 is 5.32 Å². The van der Waals surface area contributed by atoms with Gasteiger partial charge in [0, 0.05) is 13.1 Å². The molecule has 4 heteroatoms. The van der Waals surface area contributed by atoms with Crippen LogP contribution in [0.25, 0.3) is 11.6 Å². The van der Waals surface area contributed by atoms with Crippen LogP contribution in [0.4, 0.5) is 0 Å². The number of nitrogens with zero attached hydrogens (tertiary/aromatic N) is 1. The summed E-state index contributed by atoms with van der Waals surface area (Å²) >= 11 is 0. The van der Waals surface area contributed by atoms with E-state index < -0.39 is 0 Å². The van der Waals surface area contributed by atoms with E-state index >= 15 is 0 Å². The zero-order chi connectivity index (χ0) is 20.6. The van der Waals surface area contributed by atoms with Gasteiger partial charge in [0.15, 0.2) is 0 Å². The molecule has 0 atom stereocenters. The summed E-state index contributed by atoms with van der Waals surface area (Å²) in [6.45, 7) is 3.84. The molecule has 1 amide bonds. The summed E-state index contributed by atoms with van der Waals surface area (Å²) < 4.78 is 5.43. The van der Waals surface area contributed by atoms with E-state index in [0.29, 0.717) is 17.9 Å². The Hall–Kier alpha value is -3.11. The molecule has 0 saturated carbocycles. The monoisotopic (exact) mass is 400 g/mol. The lowest BCUT2D eigenvalue weighted by atomic mass is 10.0. The molecule has 2 aromatic carbocycles. The summed E-state index contributed by atoms with van der Waals surface area (Å²) in [5.41, 5.74) is 3.88. The Labute approximate surface area is 178 Å². The van der Waals surface area contributed by atoms with Crippen LogP contribution in [0, 0.1) is 0 Å². The lowest BCUT2D eigenvalue weighted by Crippen LogP contribution is -2.29. The normalized spacial score (nSPS) is 15.1. The number of rotatable bonds is 7. The van der Waals surface area contributed by atoms with Crippen LogP contribution in [0.15, 0.2) is 77.4 Å². The Bertz CT molecular complexity index is 971. The van der Waals surface area contributed by atoms with E-state index in [1.165, 1.54) is 37.9 Å². The standard InChI is InChI=1S/C26H28N2O2/c29-26(25(18-24-13-8-16-30-24)23-11-3-1-4-12-23)27-19-21-9-7-10-22(17-21)20-28-14-5-2-6-15-28/h1,3-4,7-13,16-18H,2,5-6,14-15,19-20H2,(H,27,29)/b25-18+. The first-order valence-corrected chi connectivity index (χ1v) is 10.7. The van der Waals surface area contributed by atoms with Gasteiger partial charge in [0.2, 0.25) is 0 Å². The maximum Gasteiger partial charge on any atom is 0.252 e. The molecule has 154 valence electrons. The number of hydrogen-bond donors (Lipinski definition) is 1. The van der Waals surface area contributed by atoms with Crippen molar-refractivity contribution in [2.24, 2.45) is 0 Å². The van der Waals surface area contributed by atoms with Gasteiger partial charge in [-0.25, -0.2) is 0 Å². The first-order chi connectivity index (χ1) is 14.8. The van der Waals surface area contributed by atoms with E-state index in [1.807, 2.05) is 42.5 Å². The first-order valence-electron chi connectivity index (χ1n) is 10.7. The third-order valence-corrected chi connectivity index (χ3v) is 5.46. The van der Waals surface area contributed by atoms with Gasteiger partial charge in [-0.15, -0.1) is 0 Å². The highest BCUT2D eigenvalue weighted by molar-refractivity contribution is 6.23. The number of likely N-dealkylation sites (tertiary alicyclic amines) is 1. The maximum absolute atomic E-state index is 13.0. The van der Waals surface area contributed by atoms with Crippen LogP contribution in [0.2, 0.25) is 0 Å². The molecule has 0 aliphatic carbocycles. The fourth-order valence-corrected chi connectivity index (χ4v) is 3.90. The molecular formula is C26H28N2O2. The van der Waals surface area contributed by atoms with Crippen molar-refractivity contribution in [2.75, 3.05) is 13.1 Å². The van der Waals surface area contributed by atoms with Crippen molar-refractivity contribution in [3.8, 4) is 0 Å². The molecule has 4 rings (SSSR count). The molecule has 1 saturated heterocycles. The van der Waals surface area contributed by atoms with Gasteiger partial charge < -0.3 is 9.73 Å². The molecule has 4 nitrogen and oxygen atoms in total. The lowest BCUT2D eigenvalue weighted by Gasteiger charge is -2.26. The summed E-state index contributed by atoms with van der Waals surface area (Å²) in [5, 5.41) is 3.08. The van der Waals surface area contributed by atoms with E-state index in [0.717, 1.165) is 17.7 Å². The van der Waals surface area contributed by atoms with Gasteiger partial charge in [-0.2, -0.15) is 0 Å². The molecule has 0 unspecified atom stereocenters. The minimum absolute atomic E-state index is 0.112. The van der Waals surface area contributed by atoms with Crippen LogP contribution in [-0.2, 0) is 17.9 Å². The van der Waals surface area contributed by atoms with Crippen LogP contribution in [-0.4, -0.2) is 23.9 Å². The van der Waals surface area contributed by atoms with Gasteiger partial charge in [-0.1, -0.05) is 61.0 Å². The fourth-order valence-electron chi connectivity index (χ4n) is 3.90. The number of benzene rings is 2. The van der Waals surface area contributed by atoms with Crippen molar-refractivity contribution in [3.63, 3.8) is 0 Å². The third kappa shape index (κ3) is 5.49. The van der Waals surface area contributed by atoms with Crippen molar-refractivity contribution in [3.05, 3.63) is 95.4 Å². The molecule has 0 radical (unpaired) electrons. The van der Waals surface area contributed by atoms with Crippen molar-refractivity contribution in [2.45, 2.75) is 32.4 Å². The van der Waals surface area contributed by atoms with Gasteiger partial charge in [0.25, 0.3) is 5.91 Å². The number of hydrogen-bond acceptors (Lipinski definition) is 3. The van der Waals surface area contributed by atoms with E-state index in [2.05, 4.69) is 34.5 Å². The number of piperidine rings is 1. The van der Waals surface area contributed by atoms with Crippen molar-refractivity contribution in [1.82, 2.24) is 10.2 Å². The Morgan fingerprint density at radius 1 is 0.933 bits per heavy atom. The van der Waals surface area contributed by atoms with Gasteiger partial charge in [-0.05, 0) is 60.8 Å². The molecule has 3 aromatic rings. The maximum atomic E-state index is 13.0. The average molecular weight is 401 g/mol. The van der Waals surface area contributed by atoms with Crippen molar-refractivity contribution >= 4 is 17.6 Å². The predicted molar refractivity (Wildman–Crippen MR) is 120 cm³/mol. The molecular weight excluding hydrogens is 372 g/mol. The van der Waals surface area contributed by atoms with Crippen LogP contribution in [0.1, 0.15) is 41.7 Å². The highest BCUT2D eigenvalue weighted by atomic mass is 16.3. The highest BCUT2D eigenvalue weighted by Crippen LogP contribution is 2.19. The summed E-state index contributed by atoms with van der Waals surface area (Å²) in [7, 11) is 0. The molecule has 2 heterocycles. The highest BCUT2D eigenvalue weighted by Gasteiger charge is 2.14. The molecule has 0 bridgehead atoms. The number of furan rings is 1. The number of nitrogens with one attached hydrogen (secondary N) is 1. The summed E-state index contributed by atoms with van der Waals surface area (Å²) in [6.07, 6.45) is 7.33. The van der Waals surface area contributed by atoms with Crippen LogP contribution in [0.3, 0.4) is 0 Å². The van der Waals surface area contributed by atoms with E-state index in [1.54, 1.807) is 12.3 Å². The van der Waals surface area contributed by atoms with Gasteiger partial charge >= 0.3 is 0 Å². The van der Waals surface area contributed by atoms with E-state index in [4.69, 9.17) is 4.42 Å². The average Bonchev–Trinajstić information content (AvgIpc) is 3.31. The molecule has 1 aliphatic heterocycles. The molecule has 30 heavy (non-hydrogen) atoms. The summed E-state index contributed by atoms with van der Waals surface area (Å²) in [4.78, 5) is 15.5. The molecule has 1 aromatic heterocycles. The van der Waals surface area contributed by atoms with E-state index in [9.17, 15) is 4.79 Å². The second-order valence-corrected chi connectivity index (χ2v) is 7.78. The zero-order valence-electron chi connectivity index (χ0n) is 17.2. The van der Waals surface area contributed by atoms with Gasteiger partial charge in [-0.3, -0.25) is 9.69 Å². The van der Waals surface area contributed by atoms with Gasteiger partial charge in [0.05, 0.1) is 11.8 Å². The third-order valence-electron chi connectivity index (χ3n) is 5.46. The Morgan fingerprint density at radius 2 is 1.73 bits per heavy atom. The van der Waals surface area contributed by atoms with E-state index in [-0.39, 0.29) is 5.91 Å². The lowest BCUT2D eigenvalue weighted by molar-refractivity contribution is -0.115. The Morgan fingerprint density at radius 3 is 2.50 bits per heavy atom. The SMILES string of the molecule is O=C(NCc1cccc(CN2CCCCC2)c1)/C(=C/c1ccco1)c1ccccc1. The minimum atomic E-state index is -0.112. The molecule has 1 aliphatic rings. The minimum Gasteiger partial charge on any atom is -0.465 e. The summed E-state index contributed by atoms with van der Waals surface area (Å²) in [5.74, 6) is 0.548. The number of carbonyl (C=O) groups is 1. The topological polar surface area (TPSA) is 45.5 Å². The van der Waals surface area contributed by atoms with Crippen LogP contribution >= 0.6 is 0 Å². The second-order valence-electron chi connectivity index (χ2n) is 7.78. The Balaban J connectivity index is 1.44. The molecule has 1 N–H and O–H groups in total. The first kappa shape index (κ1) is 20.2. The van der Waals surface area contributed by atoms with Crippen molar-refractivity contribution < 1.29 is 9.21 Å². The van der Waals surface area contributed by atoms with Crippen molar-refractivity contribution in [1.29, 1.82) is 0 Å². The number of amides is 1. The van der Waals surface area contributed by atoms with Gasteiger partial charge in [0.1, 0.15) is 5.76 Å². The second kappa shape index (κ2) is 10.1. The van der Waals surface area contributed by atoms with Crippen LogP contribution in [0.5, 0.6) is 0 Å². The largest absolute Gasteiger partial charge is 0.465 e. The zero-order valence-corrected chi connectivity index (χ0v) is 17.2. The quantitative estimate of drug-likeness (QED) is 0.560. The Kier molecular flexibility index (Phi) is 6.78. The predicted octanol–water partition coefficient (Wildman–Crippen LogP) is 5.12.